The van der Waals surface area contributed by atoms with Gasteiger partial charge in [0.1, 0.15) is 12.3 Å². The van der Waals surface area contributed by atoms with Crippen LogP contribution >= 0.6 is 0 Å². The summed E-state index contributed by atoms with van der Waals surface area (Å²) in [4.78, 5) is 0. The molecule has 0 aromatic heterocycles. The minimum atomic E-state index is 0.943. The van der Waals surface area contributed by atoms with E-state index in [0.29, 0.717) is 0 Å². The minimum absolute atomic E-state index is 0.943. The van der Waals surface area contributed by atoms with E-state index in [1.807, 2.05) is 12.1 Å². The third-order valence-electron chi connectivity index (χ3n) is 2.60. The minimum Gasteiger partial charge on any atom is -0.497 e. The number of ether oxygens (including phenoxy) is 1. The topological polar surface area (TPSA) is 9.23 Å². The third kappa shape index (κ3) is 3.04. The van der Waals surface area contributed by atoms with Crippen molar-refractivity contribution < 1.29 is 9.22 Å². The van der Waals surface area contributed by atoms with E-state index in [9.17, 15) is 0 Å². The Morgan fingerprint density at radius 3 is 2.57 bits per heavy atom. The van der Waals surface area contributed by atoms with Gasteiger partial charge in [-0.1, -0.05) is 12.1 Å². The van der Waals surface area contributed by atoms with Gasteiger partial charge in [-0.15, -0.1) is 0 Å². The largest absolute Gasteiger partial charge is 0.497 e. The van der Waals surface area contributed by atoms with E-state index in [2.05, 4.69) is 33.2 Å². The van der Waals surface area contributed by atoms with E-state index in [4.69, 9.17) is 4.74 Å². The molecule has 78 valence electrons. The van der Waals surface area contributed by atoms with Crippen LogP contribution in [0.1, 0.15) is 12.5 Å². The third-order valence-corrected chi connectivity index (χ3v) is 2.60. The summed E-state index contributed by atoms with van der Waals surface area (Å²) in [6.07, 6.45) is 0. The summed E-state index contributed by atoms with van der Waals surface area (Å²) in [6, 6.07) is 8.28. The lowest BCUT2D eigenvalue weighted by Crippen LogP contribution is -2.38. The van der Waals surface area contributed by atoms with Gasteiger partial charge in [-0.05, 0) is 19.1 Å². The maximum absolute atomic E-state index is 5.20. The molecular weight excluding hydrogens is 174 g/mol. The normalized spacial score (nSPS) is 11.4. The van der Waals surface area contributed by atoms with Gasteiger partial charge in [0, 0.05) is 5.56 Å². The van der Waals surface area contributed by atoms with Gasteiger partial charge in [0.05, 0.1) is 27.7 Å². The first-order chi connectivity index (χ1) is 6.57. The fraction of sp³-hybridized carbons (Fsp3) is 0.500. The number of hydrogen-bond acceptors (Lipinski definition) is 1. The highest BCUT2D eigenvalue weighted by Crippen LogP contribution is 2.15. The number of benzene rings is 1. The first-order valence-electron chi connectivity index (χ1n) is 5.02. The number of rotatable bonds is 4. The van der Waals surface area contributed by atoms with Gasteiger partial charge >= 0.3 is 0 Å². The molecule has 2 nitrogen and oxygen atoms in total. The fourth-order valence-electron chi connectivity index (χ4n) is 1.38. The molecule has 2 heteroatoms. The van der Waals surface area contributed by atoms with E-state index >= 15 is 0 Å². The Hall–Kier alpha value is -1.02. The van der Waals surface area contributed by atoms with Crippen LogP contribution in [0.3, 0.4) is 0 Å². The van der Waals surface area contributed by atoms with Crippen molar-refractivity contribution in [3.8, 4) is 5.75 Å². The van der Waals surface area contributed by atoms with Crippen molar-refractivity contribution in [2.45, 2.75) is 13.5 Å². The highest BCUT2D eigenvalue weighted by molar-refractivity contribution is 5.27. The average Bonchev–Trinajstić information content (AvgIpc) is 2.17. The predicted molar refractivity (Wildman–Crippen MR) is 59.3 cm³/mol. The van der Waals surface area contributed by atoms with Crippen molar-refractivity contribution in [3.05, 3.63) is 29.8 Å². The van der Waals surface area contributed by atoms with Crippen LogP contribution in [-0.4, -0.2) is 32.2 Å². The van der Waals surface area contributed by atoms with Crippen LogP contribution in [0.4, 0.5) is 0 Å². The van der Waals surface area contributed by atoms with Gasteiger partial charge in [0.2, 0.25) is 0 Å². The molecule has 0 aliphatic heterocycles. The lowest BCUT2D eigenvalue weighted by molar-refractivity contribution is -0.901. The van der Waals surface area contributed by atoms with Crippen molar-refractivity contribution in [1.29, 1.82) is 0 Å². The fourth-order valence-corrected chi connectivity index (χ4v) is 1.38. The van der Waals surface area contributed by atoms with Crippen LogP contribution in [0.5, 0.6) is 5.75 Å². The number of quaternary nitrogens is 1. The summed E-state index contributed by atoms with van der Waals surface area (Å²) in [6.45, 7) is 4.39. The molecule has 0 saturated heterocycles. The Labute approximate surface area is 86.7 Å². The summed E-state index contributed by atoms with van der Waals surface area (Å²) in [5, 5.41) is 0. The van der Waals surface area contributed by atoms with Gasteiger partial charge in [-0.3, -0.25) is 0 Å². The Morgan fingerprint density at radius 2 is 2.00 bits per heavy atom. The van der Waals surface area contributed by atoms with E-state index in [1.165, 1.54) is 5.56 Å². The molecule has 0 unspecified atom stereocenters. The second kappa shape index (κ2) is 4.47. The first-order valence-corrected chi connectivity index (χ1v) is 5.02. The Kier molecular flexibility index (Phi) is 3.53. The molecule has 1 aromatic rings. The Morgan fingerprint density at radius 1 is 1.29 bits per heavy atom. The second-order valence-electron chi connectivity index (χ2n) is 4.26. The van der Waals surface area contributed by atoms with Gasteiger partial charge < -0.3 is 9.22 Å². The molecule has 0 heterocycles. The van der Waals surface area contributed by atoms with Crippen LogP contribution < -0.4 is 4.74 Å². The summed E-state index contributed by atoms with van der Waals surface area (Å²) < 4.78 is 6.20. The predicted octanol–water partition coefficient (Wildman–Crippen LogP) is 2.29. The zero-order chi connectivity index (χ0) is 10.6. The maximum Gasteiger partial charge on any atom is 0.119 e. The zero-order valence-electron chi connectivity index (χ0n) is 9.58. The van der Waals surface area contributed by atoms with Crippen molar-refractivity contribution in [1.82, 2.24) is 0 Å². The molecule has 0 bridgehead atoms. The molecule has 0 atom stereocenters. The van der Waals surface area contributed by atoms with Crippen molar-refractivity contribution in [2.75, 3.05) is 27.7 Å². The molecule has 0 aliphatic rings. The lowest BCUT2D eigenvalue weighted by Gasteiger charge is -2.28. The van der Waals surface area contributed by atoms with Crippen LogP contribution in [0.2, 0.25) is 0 Å². The van der Waals surface area contributed by atoms with Gasteiger partial charge in [-0.2, -0.15) is 0 Å². The SMILES string of the molecule is CC[N+](C)(C)Cc1cccc(OC)c1. The van der Waals surface area contributed by atoms with E-state index in [0.717, 1.165) is 23.3 Å². The molecule has 1 aromatic carbocycles. The van der Waals surface area contributed by atoms with Crippen LogP contribution in [-0.2, 0) is 6.54 Å². The second-order valence-corrected chi connectivity index (χ2v) is 4.26. The van der Waals surface area contributed by atoms with E-state index < -0.39 is 0 Å². The summed E-state index contributed by atoms with van der Waals surface area (Å²) in [7, 11) is 6.18. The van der Waals surface area contributed by atoms with Crippen molar-refractivity contribution in [2.24, 2.45) is 0 Å². The van der Waals surface area contributed by atoms with Gasteiger partial charge in [0.15, 0.2) is 0 Å². The molecule has 0 N–H and O–H groups in total. The van der Waals surface area contributed by atoms with Gasteiger partial charge in [-0.25, -0.2) is 0 Å². The summed E-state index contributed by atoms with van der Waals surface area (Å²) in [5.74, 6) is 0.943. The van der Waals surface area contributed by atoms with Gasteiger partial charge in [0.25, 0.3) is 0 Å². The standard InChI is InChI=1S/C12H20NO/c1-5-13(2,3)10-11-7-6-8-12(9-11)14-4/h6-9H,5,10H2,1-4H3/q+1. The van der Waals surface area contributed by atoms with Crippen LogP contribution in [0.25, 0.3) is 0 Å². The molecule has 0 fully saturated rings. The number of nitrogens with zero attached hydrogens (tertiary/aromatic N) is 1. The lowest BCUT2D eigenvalue weighted by atomic mass is 10.2. The highest BCUT2D eigenvalue weighted by atomic mass is 16.5. The van der Waals surface area contributed by atoms with Crippen LogP contribution in [0.15, 0.2) is 24.3 Å². The molecule has 0 aliphatic carbocycles. The molecular formula is C12H20NO+. The van der Waals surface area contributed by atoms with Crippen molar-refractivity contribution >= 4 is 0 Å². The van der Waals surface area contributed by atoms with Crippen molar-refractivity contribution in [3.63, 3.8) is 0 Å². The average molecular weight is 194 g/mol. The summed E-state index contributed by atoms with van der Waals surface area (Å²) >= 11 is 0. The molecule has 0 radical (unpaired) electrons. The quantitative estimate of drug-likeness (QED) is 0.668. The molecule has 1 rings (SSSR count). The molecule has 14 heavy (non-hydrogen) atoms. The van der Waals surface area contributed by atoms with E-state index in [1.54, 1.807) is 7.11 Å². The Balaban J connectivity index is 2.76. The monoisotopic (exact) mass is 194 g/mol. The Bertz CT molecular complexity index is 294. The zero-order valence-corrected chi connectivity index (χ0v) is 9.58. The number of hydrogen-bond donors (Lipinski definition) is 0. The smallest absolute Gasteiger partial charge is 0.119 e. The first kappa shape index (κ1) is 11.1. The maximum atomic E-state index is 5.20. The molecule has 0 spiro atoms. The van der Waals surface area contributed by atoms with E-state index in [-0.39, 0.29) is 0 Å². The van der Waals surface area contributed by atoms with Crippen LogP contribution in [0, 0.1) is 0 Å². The number of methoxy groups -OCH3 is 1. The highest BCUT2D eigenvalue weighted by Gasteiger charge is 2.12. The molecule has 0 amide bonds. The molecule has 0 saturated carbocycles. The summed E-state index contributed by atoms with van der Waals surface area (Å²) in [5.41, 5.74) is 1.33.